The SMILES string of the molecule is O=C(Nc1cccc(OCc2cn3ccccc3n2)c1)c1csc(-c2ccsc2)n1. The molecule has 0 saturated carbocycles. The van der Waals surface area contributed by atoms with E-state index in [2.05, 4.69) is 15.3 Å². The topological polar surface area (TPSA) is 68.5 Å². The summed E-state index contributed by atoms with van der Waals surface area (Å²) in [5.74, 6) is 0.410. The number of thiazole rings is 1. The maximum absolute atomic E-state index is 12.6. The van der Waals surface area contributed by atoms with Crippen LogP contribution in [-0.4, -0.2) is 20.3 Å². The lowest BCUT2D eigenvalue weighted by atomic mass is 10.3. The third kappa shape index (κ3) is 3.96. The average molecular weight is 433 g/mol. The number of anilines is 1. The fraction of sp³-hybridized carbons (Fsp3) is 0.0455. The van der Waals surface area contributed by atoms with E-state index < -0.39 is 0 Å². The molecule has 0 aliphatic heterocycles. The van der Waals surface area contributed by atoms with Crippen LogP contribution in [0.4, 0.5) is 5.69 Å². The summed E-state index contributed by atoms with van der Waals surface area (Å²) < 4.78 is 7.82. The number of nitrogens with zero attached hydrogens (tertiary/aromatic N) is 3. The number of carbonyl (C=O) groups excluding carboxylic acids is 1. The average Bonchev–Trinajstić information content (AvgIpc) is 3.52. The number of benzene rings is 1. The quantitative estimate of drug-likeness (QED) is 0.393. The second-order valence-electron chi connectivity index (χ2n) is 6.52. The van der Waals surface area contributed by atoms with Crippen LogP contribution < -0.4 is 10.1 Å². The Morgan fingerprint density at radius 1 is 1.10 bits per heavy atom. The first-order chi connectivity index (χ1) is 14.7. The van der Waals surface area contributed by atoms with Gasteiger partial charge in [0.15, 0.2) is 0 Å². The molecule has 0 saturated heterocycles. The number of rotatable bonds is 6. The zero-order valence-electron chi connectivity index (χ0n) is 15.7. The van der Waals surface area contributed by atoms with Crippen LogP contribution in [0.1, 0.15) is 16.2 Å². The molecule has 1 amide bonds. The smallest absolute Gasteiger partial charge is 0.275 e. The molecule has 0 fully saturated rings. The fourth-order valence-electron chi connectivity index (χ4n) is 2.97. The molecule has 5 rings (SSSR count). The van der Waals surface area contributed by atoms with Gasteiger partial charge in [-0.2, -0.15) is 11.3 Å². The largest absolute Gasteiger partial charge is 0.487 e. The Kier molecular flexibility index (Phi) is 5.00. The van der Waals surface area contributed by atoms with Crippen LogP contribution >= 0.6 is 22.7 Å². The van der Waals surface area contributed by atoms with Crippen molar-refractivity contribution in [2.75, 3.05) is 5.32 Å². The van der Waals surface area contributed by atoms with Gasteiger partial charge in [0, 0.05) is 40.5 Å². The van der Waals surface area contributed by atoms with E-state index in [-0.39, 0.29) is 5.91 Å². The van der Waals surface area contributed by atoms with Crippen LogP contribution in [0.5, 0.6) is 5.75 Å². The van der Waals surface area contributed by atoms with E-state index in [1.165, 1.54) is 11.3 Å². The van der Waals surface area contributed by atoms with Crippen molar-refractivity contribution in [1.82, 2.24) is 14.4 Å². The van der Waals surface area contributed by atoms with E-state index >= 15 is 0 Å². The summed E-state index contributed by atoms with van der Waals surface area (Å²) in [4.78, 5) is 21.5. The van der Waals surface area contributed by atoms with Crippen molar-refractivity contribution in [3.8, 4) is 16.3 Å². The predicted octanol–water partition coefficient (Wildman–Crippen LogP) is 5.35. The maximum Gasteiger partial charge on any atom is 0.275 e. The Balaban J connectivity index is 1.25. The molecule has 4 aromatic heterocycles. The molecule has 148 valence electrons. The Labute approximate surface area is 180 Å². The monoisotopic (exact) mass is 432 g/mol. The third-order valence-electron chi connectivity index (χ3n) is 4.40. The molecule has 1 N–H and O–H groups in total. The lowest BCUT2D eigenvalue weighted by Gasteiger charge is -2.07. The normalized spacial score (nSPS) is 10.9. The highest BCUT2D eigenvalue weighted by atomic mass is 32.1. The first-order valence-electron chi connectivity index (χ1n) is 9.19. The molecule has 0 unspecified atom stereocenters. The van der Waals surface area contributed by atoms with Crippen molar-refractivity contribution in [1.29, 1.82) is 0 Å². The minimum absolute atomic E-state index is 0.245. The van der Waals surface area contributed by atoms with Gasteiger partial charge in [0.25, 0.3) is 5.91 Å². The zero-order chi connectivity index (χ0) is 20.3. The van der Waals surface area contributed by atoms with Crippen LogP contribution in [0.2, 0.25) is 0 Å². The van der Waals surface area contributed by atoms with Gasteiger partial charge in [-0.25, -0.2) is 9.97 Å². The standard InChI is InChI=1S/C22H16N4O2S2/c27-21(19-14-30-22(25-19)15-7-9-29-13-15)24-16-4-3-5-18(10-16)28-12-17-11-26-8-2-1-6-20(26)23-17/h1-11,13-14H,12H2,(H,24,27). The zero-order valence-corrected chi connectivity index (χ0v) is 17.3. The van der Waals surface area contributed by atoms with Gasteiger partial charge in [-0.1, -0.05) is 12.1 Å². The maximum atomic E-state index is 12.6. The van der Waals surface area contributed by atoms with Gasteiger partial charge in [-0.15, -0.1) is 11.3 Å². The highest BCUT2D eigenvalue weighted by Crippen LogP contribution is 2.26. The van der Waals surface area contributed by atoms with Gasteiger partial charge in [-0.3, -0.25) is 4.79 Å². The van der Waals surface area contributed by atoms with Gasteiger partial charge in [-0.05, 0) is 35.7 Å². The molecular formula is C22H16N4O2S2. The van der Waals surface area contributed by atoms with Crippen LogP contribution in [0.3, 0.4) is 0 Å². The number of amides is 1. The van der Waals surface area contributed by atoms with Crippen molar-refractivity contribution in [3.63, 3.8) is 0 Å². The fourth-order valence-corrected chi connectivity index (χ4v) is 4.48. The number of ether oxygens (including phenoxy) is 1. The van der Waals surface area contributed by atoms with E-state index in [9.17, 15) is 4.79 Å². The first kappa shape index (κ1) is 18.5. The van der Waals surface area contributed by atoms with E-state index in [1.807, 2.05) is 70.0 Å². The Morgan fingerprint density at radius 2 is 2.07 bits per heavy atom. The molecule has 4 heterocycles. The molecule has 1 aromatic carbocycles. The van der Waals surface area contributed by atoms with Crippen LogP contribution in [0.15, 0.2) is 77.1 Å². The van der Waals surface area contributed by atoms with Crippen molar-refractivity contribution in [3.05, 3.63) is 88.5 Å². The Bertz CT molecular complexity index is 1270. The first-order valence-corrected chi connectivity index (χ1v) is 11.0. The van der Waals surface area contributed by atoms with Gasteiger partial charge >= 0.3 is 0 Å². The number of fused-ring (bicyclic) bond motifs is 1. The van der Waals surface area contributed by atoms with E-state index in [0.717, 1.165) is 21.9 Å². The lowest BCUT2D eigenvalue weighted by molar-refractivity contribution is 0.102. The number of hydrogen-bond acceptors (Lipinski definition) is 6. The van der Waals surface area contributed by atoms with Gasteiger partial charge < -0.3 is 14.5 Å². The number of aromatic nitrogens is 3. The molecule has 0 bridgehead atoms. The van der Waals surface area contributed by atoms with Crippen LogP contribution in [-0.2, 0) is 6.61 Å². The Hall–Kier alpha value is -3.49. The van der Waals surface area contributed by atoms with Gasteiger partial charge in [0.2, 0.25) is 0 Å². The van der Waals surface area contributed by atoms with Crippen LogP contribution in [0, 0.1) is 0 Å². The summed E-state index contributed by atoms with van der Waals surface area (Å²) in [6, 6.07) is 15.1. The van der Waals surface area contributed by atoms with E-state index in [4.69, 9.17) is 4.74 Å². The number of hydrogen-bond donors (Lipinski definition) is 1. The molecule has 30 heavy (non-hydrogen) atoms. The summed E-state index contributed by atoms with van der Waals surface area (Å²) in [7, 11) is 0. The Morgan fingerprint density at radius 3 is 2.93 bits per heavy atom. The second kappa shape index (κ2) is 8.10. The van der Waals surface area contributed by atoms with Crippen molar-refractivity contribution >= 4 is 39.9 Å². The number of nitrogens with one attached hydrogen (secondary N) is 1. The summed E-state index contributed by atoms with van der Waals surface area (Å²) in [5, 5.41) is 9.51. The molecule has 6 nitrogen and oxygen atoms in total. The third-order valence-corrected chi connectivity index (χ3v) is 5.97. The molecule has 0 radical (unpaired) electrons. The lowest BCUT2D eigenvalue weighted by Crippen LogP contribution is -2.12. The molecule has 5 aromatic rings. The molecule has 0 aliphatic carbocycles. The van der Waals surface area contributed by atoms with Crippen molar-refractivity contribution in [2.45, 2.75) is 6.61 Å². The minimum Gasteiger partial charge on any atom is -0.487 e. The van der Waals surface area contributed by atoms with Crippen LogP contribution in [0.25, 0.3) is 16.2 Å². The van der Waals surface area contributed by atoms with Gasteiger partial charge in [0.05, 0.1) is 5.69 Å². The number of carbonyl (C=O) groups is 1. The summed E-state index contributed by atoms with van der Waals surface area (Å²) in [5.41, 5.74) is 3.79. The summed E-state index contributed by atoms with van der Waals surface area (Å²) >= 11 is 3.06. The van der Waals surface area contributed by atoms with E-state index in [0.29, 0.717) is 23.7 Å². The number of pyridine rings is 1. The van der Waals surface area contributed by atoms with Crippen molar-refractivity contribution in [2.24, 2.45) is 0 Å². The number of imidazole rings is 1. The summed E-state index contributed by atoms with van der Waals surface area (Å²) in [6.07, 6.45) is 3.89. The molecule has 8 heteroatoms. The number of thiophene rings is 1. The molecule has 0 spiro atoms. The minimum atomic E-state index is -0.245. The molecular weight excluding hydrogens is 416 g/mol. The highest BCUT2D eigenvalue weighted by molar-refractivity contribution is 7.14. The molecule has 0 aliphatic rings. The van der Waals surface area contributed by atoms with Gasteiger partial charge in [0.1, 0.15) is 28.7 Å². The highest BCUT2D eigenvalue weighted by Gasteiger charge is 2.13. The molecule has 0 atom stereocenters. The van der Waals surface area contributed by atoms with E-state index in [1.54, 1.807) is 22.8 Å². The van der Waals surface area contributed by atoms with Crippen molar-refractivity contribution < 1.29 is 9.53 Å². The summed E-state index contributed by atoms with van der Waals surface area (Å²) in [6.45, 7) is 0.342. The predicted molar refractivity (Wildman–Crippen MR) is 119 cm³/mol. The second-order valence-corrected chi connectivity index (χ2v) is 8.16.